The number of carbonyl (C=O) groups excluding carboxylic acids is 4. The van der Waals surface area contributed by atoms with Crippen LogP contribution in [0.2, 0.25) is 0 Å². The lowest BCUT2D eigenvalue weighted by atomic mass is 9.41. The number of aliphatic hydroxyl groups excluding tert-OH is 1. The Kier molecular flexibility index (Phi) is 8.20. The molecule has 2 N–H and O–H groups in total. The number of fused-ring (bicyclic) bond motifs is 1. The van der Waals surface area contributed by atoms with Gasteiger partial charge in [-0.15, -0.1) is 0 Å². The molecule has 2 aliphatic carbocycles. The molecule has 0 radical (unpaired) electrons. The third kappa shape index (κ3) is 4.88. The Morgan fingerprint density at radius 2 is 1.76 bits per heavy atom. The lowest BCUT2D eigenvalue weighted by Gasteiger charge is -2.67. The van der Waals surface area contributed by atoms with Gasteiger partial charge in [-0.3, -0.25) is 14.4 Å². The van der Waals surface area contributed by atoms with Crippen molar-refractivity contribution < 1.29 is 48.3 Å². The maximum atomic E-state index is 12.9. The van der Waals surface area contributed by atoms with E-state index in [1.165, 1.54) is 26.8 Å². The minimum Gasteiger partial charge on any atom is -0.462 e. The third-order valence-corrected chi connectivity index (χ3v) is 8.85. The number of hydrogen-bond acceptors (Lipinski definition) is 10. The molecule has 1 heterocycles. The molecular formula is C28H40O10. The molecule has 0 aromatic carbocycles. The van der Waals surface area contributed by atoms with Crippen LogP contribution in [0.25, 0.3) is 0 Å². The number of rotatable bonds is 7. The Balaban J connectivity index is 2.31. The number of cyclic esters (lactones) is 1. The lowest BCUT2D eigenvalue weighted by molar-refractivity contribution is -0.312. The fourth-order valence-electron chi connectivity index (χ4n) is 6.68. The van der Waals surface area contributed by atoms with E-state index in [0.29, 0.717) is 24.0 Å². The van der Waals surface area contributed by atoms with Gasteiger partial charge in [-0.25, -0.2) is 4.79 Å². The third-order valence-electron chi connectivity index (χ3n) is 8.85. The van der Waals surface area contributed by atoms with Crippen LogP contribution in [0.3, 0.4) is 0 Å². The summed E-state index contributed by atoms with van der Waals surface area (Å²) in [7, 11) is 0. The van der Waals surface area contributed by atoms with Gasteiger partial charge >= 0.3 is 23.9 Å². The zero-order chi connectivity index (χ0) is 28.8. The predicted octanol–water partition coefficient (Wildman–Crippen LogP) is 2.40. The molecule has 0 unspecified atom stereocenters. The van der Waals surface area contributed by atoms with E-state index < -0.39 is 76.6 Å². The molecule has 0 amide bonds. The van der Waals surface area contributed by atoms with Crippen LogP contribution in [0.4, 0.5) is 0 Å². The highest BCUT2D eigenvalue weighted by Crippen LogP contribution is 2.66. The Labute approximate surface area is 223 Å². The van der Waals surface area contributed by atoms with Crippen LogP contribution in [-0.2, 0) is 38.1 Å². The summed E-state index contributed by atoms with van der Waals surface area (Å²) in [5.41, 5.74) is -3.48. The summed E-state index contributed by atoms with van der Waals surface area (Å²) in [4.78, 5) is 49.4. The Morgan fingerprint density at radius 3 is 2.26 bits per heavy atom. The van der Waals surface area contributed by atoms with E-state index >= 15 is 0 Å². The Hall–Kier alpha value is -2.72. The van der Waals surface area contributed by atoms with Crippen LogP contribution in [0.1, 0.15) is 67.7 Å². The van der Waals surface area contributed by atoms with Crippen LogP contribution < -0.4 is 0 Å². The van der Waals surface area contributed by atoms with Gasteiger partial charge < -0.3 is 29.2 Å². The van der Waals surface area contributed by atoms with Crippen molar-refractivity contribution in [1.29, 1.82) is 0 Å². The molecule has 10 nitrogen and oxygen atoms in total. The van der Waals surface area contributed by atoms with E-state index in [0.717, 1.165) is 0 Å². The average molecular weight is 537 g/mol. The molecule has 212 valence electrons. The molecule has 1 aliphatic heterocycles. The van der Waals surface area contributed by atoms with E-state index in [-0.39, 0.29) is 13.0 Å². The zero-order valence-electron chi connectivity index (χ0n) is 23.2. The smallest absolute Gasteiger partial charge is 0.331 e. The molecular weight excluding hydrogens is 496 g/mol. The topological polar surface area (TPSA) is 146 Å². The fourth-order valence-corrected chi connectivity index (χ4v) is 6.68. The largest absolute Gasteiger partial charge is 0.462 e. The number of aliphatic hydroxyl groups is 2. The second-order valence-corrected chi connectivity index (χ2v) is 11.7. The zero-order valence-corrected chi connectivity index (χ0v) is 23.2. The highest BCUT2D eigenvalue weighted by molar-refractivity contribution is 5.85. The first-order chi connectivity index (χ1) is 17.5. The number of carbonyl (C=O) groups is 4. The number of esters is 4. The first kappa shape index (κ1) is 29.8. The quantitative estimate of drug-likeness (QED) is 0.282. The molecule has 0 bridgehead atoms. The van der Waals surface area contributed by atoms with E-state index in [2.05, 4.69) is 6.58 Å². The normalized spacial score (nSPS) is 37.6. The average Bonchev–Trinajstić information content (AvgIpc) is 3.21. The van der Waals surface area contributed by atoms with Crippen LogP contribution in [-0.4, -0.2) is 70.7 Å². The minimum absolute atomic E-state index is 0.00610. The van der Waals surface area contributed by atoms with Gasteiger partial charge in [0.15, 0.2) is 12.2 Å². The summed E-state index contributed by atoms with van der Waals surface area (Å²) in [5.74, 6) is -3.86. The Bertz CT molecular complexity index is 1040. The van der Waals surface area contributed by atoms with Gasteiger partial charge in [-0.05, 0) is 25.3 Å². The second-order valence-electron chi connectivity index (χ2n) is 11.7. The van der Waals surface area contributed by atoms with Crippen LogP contribution in [0, 0.1) is 22.7 Å². The van der Waals surface area contributed by atoms with Gasteiger partial charge in [-0.1, -0.05) is 39.8 Å². The summed E-state index contributed by atoms with van der Waals surface area (Å²) in [6, 6.07) is 0. The van der Waals surface area contributed by atoms with Crippen LogP contribution in [0.15, 0.2) is 23.8 Å². The summed E-state index contributed by atoms with van der Waals surface area (Å²) < 4.78 is 22.5. The van der Waals surface area contributed by atoms with Crippen molar-refractivity contribution >= 4 is 23.9 Å². The van der Waals surface area contributed by atoms with E-state index in [1.54, 1.807) is 27.7 Å². The van der Waals surface area contributed by atoms with Crippen molar-refractivity contribution in [3.63, 3.8) is 0 Å². The SMILES string of the molecule is C=C1CC[C@@H](O)[C@H]2[C@@]1(C)[C@@H](OC(C)=O)[C@H](OC(=O)C(C)C)[C@](C)(O)[C@]2(C)[C@H](CC1=CC(=O)OC1)OC(C)=O. The first-order valence-electron chi connectivity index (χ1n) is 13.0. The Morgan fingerprint density at radius 1 is 1.13 bits per heavy atom. The molecule has 10 heteroatoms. The minimum atomic E-state index is -2.00. The van der Waals surface area contributed by atoms with Gasteiger partial charge in [-0.2, -0.15) is 0 Å². The summed E-state index contributed by atoms with van der Waals surface area (Å²) >= 11 is 0. The van der Waals surface area contributed by atoms with Crippen molar-refractivity contribution in [2.75, 3.05) is 6.61 Å². The highest BCUT2D eigenvalue weighted by atomic mass is 16.6. The first-order valence-corrected chi connectivity index (χ1v) is 13.0. The lowest BCUT2D eigenvalue weighted by Crippen LogP contribution is -2.78. The molecule has 3 aliphatic rings. The van der Waals surface area contributed by atoms with Crippen LogP contribution >= 0.6 is 0 Å². The number of hydrogen-bond donors (Lipinski definition) is 2. The van der Waals surface area contributed by atoms with Gasteiger partial charge in [0, 0.05) is 43.1 Å². The molecule has 0 spiro atoms. The van der Waals surface area contributed by atoms with E-state index in [1.807, 2.05) is 0 Å². The van der Waals surface area contributed by atoms with Crippen molar-refractivity contribution in [1.82, 2.24) is 0 Å². The van der Waals surface area contributed by atoms with Crippen molar-refractivity contribution in [3.05, 3.63) is 23.8 Å². The summed E-state index contributed by atoms with van der Waals surface area (Å²) in [6.45, 7) is 14.8. The van der Waals surface area contributed by atoms with Crippen molar-refractivity contribution in [2.45, 2.75) is 97.7 Å². The molecule has 0 aromatic rings. The van der Waals surface area contributed by atoms with Gasteiger partial charge in [0.2, 0.25) is 0 Å². The predicted molar refractivity (Wildman–Crippen MR) is 134 cm³/mol. The highest BCUT2D eigenvalue weighted by Gasteiger charge is 2.75. The summed E-state index contributed by atoms with van der Waals surface area (Å²) in [5, 5.41) is 23.9. The van der Waals surface area contributed by atoms with E-state index in [4.69, 9.17) is 18.9 Å². The number of ether oxygens (including phenoxy) is 4. The molecule has 3 rings (SSSR count). The molecule has 38 heavy (non-hydrogen) atoms. The maximum absolute atomic E-state index is 12.9. The standard InChI is InChI=1S/C28H40O10/c1-14(2)25(33)38-24-23(37-17(5)30)26(6)15(3)9-10-19(31)22(26)27(7,28(24,8)34)20(36-16(4)29)11-18-12-21(32)35-13-18/h12,14,19-20,22-24,31,34H,3,9-11,13H2,1-2,4-8H3/t19-,20+,22+,23+,24+,26+,27-,28+/m1/s1. The van der Waals surface area contributed by atoms with Gasteiger partial charge in [0.1, 0.15) is 18.3 Å². The maximum Gasteiger partial charge on any atom is 0.331 e. The van der Waals surface area contributed by atoms with Crippen molar-refractivity contribution in [3.8, 4) is 0 Å². The molecule has 8 atom stereocenters. The summed E-state index contributed by atoms with van der Waals surface area (Å²) in [6.07, 6.45) is -2.65. The molecule has 0 aromatic heterocycles. The molecule has 0 saturated heterocycles. The van der Waals surface area contributed by atoms with Gasteiger partial charge in [0.05, 0.1) is 12.0 Å². The van der Waals surface area contributed by atoms with Crippen LogP contribution in [0.5, 0.6) is 0 Å². The molecule has 2 saturated carbocycles. The monoisotopic (exact) mass is 536 g/mol. The van der Waals surface area contributed by atoms with Gasteiger partial charge in [0.25, 0.3) is 0 Å². The van der Waals surface area contributed by atoms with E-state index in [9.17, 15) is 29.4 Å². The fraction of sp³-hybridized carbons (Fsp3) is 0.714. The van der Waals surface area contributed by atoms with Crippen molar-refractivity contribution in [2.24, 2.45) is 22.7 Å². The second kappa shape index (κ2) is 10.4. The molecule has 2 fully saturated rings.